The fourth-order valence-corrected chi connectivity index (χ4v) is 3.67. The van der Waals surface area contributed by atoms with Crippen LogP contribution < -0.4 is 0 Å². The minimum Gasteiger partial charge on any atom is -0.511 e. The van der Waals surface area contributed by atoms with Crippen LogP contribution in [0.25, 0.3) is 0 Å². The van der Waals surface area contributed by atoms with Gasteiger partial charge in [-0.15, -0.1) is 0 Å². The Morgan fingerprint density at radius 1 is 1.43 bits per heavy atom. The van der Waals surface area contributed by atoms with E-state index in [4.69, 9.17) is 0 Å². The Labute approximate surface area is 128 Å². The number of benzene rings is 1. The van der Waals surface area contributed by atoms with Crippen LogP contribution in [0.1, 0.15) is 12.5 Å². The van der Waals surface area contributed by atoms with Crippen LogP contribution in [0.4, 0.5) is 0 Å². The van der Waals surface area contributed by atoms with Gasteiger partial charge in [0.15, 0.2) is 5.78 Å². The van der Waals surface area contributed by atoms with E-state index in [2.05, 4.69) is 18.7 Å². The molecule has 106 valence electrons. The van der Waals surface area contributed by atoms with Crippen LogP contribution in [0.5, 0.6) is 0 Å². The van der Waals surface area contributed by atoms with E-state index in [1.807, 2.05) is 18.2 Å². The first-order valence-corrected chi connectivity index (χ1v) is 7.67. The summed E-state index contributed by atoms with van der Waals surface area (Å²) in [6.07, 6.45) is 5.95. The lowest BCUT2D eigenvalue weighted by atomic mass is 9.86. The summed E-state index contributed by atoms with van der Waals surface area (Å²) in [7, 11) is 0. The van der Waals surface area contributed by atoms with E-state index < -0.39 is 5.92 Å². The molecule has 0 aromatic heterocycles. The summed E-state index contributed by atoms with van der Waals surface area (Å²) in [6, 6.07) is 8.13. The molecule has 0 amide bonds. The Morgan fingerprint density at radius 3 is 2.95 bits per heavy atom. The van der Waals surface area contributed by atoms with Gasteiger partial charge in [-0.05, 0) is 24.1 Å². The summed E-state index contributed by atoms with van der Waals surface area (Å²) in [5, 5.41) is 10.2. The van der Waals surface area contributed by atoms with Gasteiger partial charge >= 0.3 is 0 Å². The highest BCUT2D eigenvalue weighted by atomic mass is 32.2. The number of thioether (sulfide) groups is 1. The summed E-state index contributed by atoms with van der Waals surface area (Å²) in [5.41, 5.74) is 2.62. The molecule has 1 heterocycles. The topological polar surface area (TPSA) is 37.3 Å². The zero-order valence-electron chi connectivity index (χ0n) is 11.8. The van der Waals surface area contributed by atoms with E-state index in [0.717, 1.165) is 10.5 Å². The largest absolute Gasteiger partial charge is 0.511 e. The van der Waals surface area contributed by atoms with Crippen molar-refractivity contribution in [3.05, 3.63) is 76.4 Å². The number of Topliss-reactive ketones (excluding diaryl/α,β-unsaturated/α-hetero) is 1. The van der Waals surface area contributed by atoms with E-state index in [9.17, 15) is 9.90 Å². The molecule has 2 aliphatic rings. The average molecular weight is 296 g/mol. The molecule has 0 bridgehead atoms. The predicted octanol–water partition coefficient (Wildman–Crippen LogP) is 4.36. The molecule has 1 aromatic rings. The maximum Gasteiger partial charge on any atom is 0.174 e. The van der Waals surface area contributed by atoms with Gasteiger partial charge in [-0.25, -0.2) is 0 Å². The third-order valence-corrected chi connectivity index (χ3v) is 5.10. The number of carbonyl (C=O) groups excluding carboxylic acids is 1. The van der Waals surface area contributed by atoms with Crippen LogP contribution in [0.2, 0.25) is 0 Å². The van der Waals surface area contributed by atoms with Crippen LogP contribution in [-0.4, -0.2) is 10.9 Å². The number of aliphatic hydroxyl groups excluding tert-OH is 1. The lowest BCUT2D eigenvalue weighted by molar-refractivity contribution is -0.117. The van der Waals surface area contributed by atoms with Crippen molar-refractivity contribution in [1.29, 1.82) is 0 Å². The van der Waals surface area contributed by atoms with Crippen molar-refractivity contribution < 1.29 is 9.90 Å². The molecule has 0 saturated heterocycles. The van der Waals surface area contributed by atoms with Gasteiger partial charge in [0.25, 0.3) is 0 Å². The monoisotopic (exact) mass is 296 g/mol. The highest BCUT2D eigenvalue weighted by Gasteiger charge is 2.32. The molecule has 1 atom stereocenters. The fraction of sp³-hybridized carbons (Fsp3) is 0.167. The number of hydrogen-bond acceptors (Lipinski definition) is 3. The van der Waals surface area contributed by atoms with Gasteiger partial charge < -0.3 is 5.11 Å². The maximum atomic E-state index is 12.7. The maximum absolute atomic E-state index is 12.7. The van der Waals surface area contributed by atoms with Gasteiger partial charge in [-0.3, -0.25) is 4.79 Å². The zero-order chi connectivity index (χ0) is 15.0. The van der Waals surface area contributed by atoms with Gasteiger partial charge in [-0.2, -0.15) is 0 Å². The molecule has 0 radical (unpaired) electrons. The number of rotatable bonds is 2. The lowest BCUT2D eigenvalue weighted by Crippen LogP contribution is -2.24. The molecule has 3 rings (SSSR count). The van der Waals surface area contributed by atoms with Gasteiger partial charge in [0, 0.05) is 21.8 Å². The predicted molar refractivity (Wildman–Crippen MR) is 86.2 cm³/mol. The van der Waals surface area contributed by atoms with Gasteiger partial charge in [0.05, 0.1) is 5.92 Å². The third kappa shape index (κ3) is 2.38. The summed E-state index contributed by atoms with van der Waals surface area (Å²) < 4.78 is 0. The van der Waals surface area contributed by atoms with Crippen molar-refractivity contribution in [1.82, 2.24) is 0 Å². The van der Waals surface area contributed by atoms with Crippen molar-refractivity contribution in [2.24, 2.45) is 5.92 Å². The van der Waals surface area contributed by atoms with Crippen LogP contribution >= 0.6 is 11.8 Å². The second-order valence-electron chi connectivity index (χ2n) is 5.20. The summed E-state index contributed by atoms with van der Waals surface area (Å²) in [5.74, 6) is -0.484. The standard InChI is InChI=1S/C18H16O2S/c1-3-11(2)17(19)13-8-9-16-14(18(13)20)10-12-6-4-5-7-15(12)21-16/h3-9,13,19H,1,10H2,2H3/b17-11-. The Bertz CT molecular complexity index is 722. The quantitative estimate of drug-likeness (QED) is 0.650. The lowest BCUT2D eigenvalue weighted by Gasteiger charge is -2.26. The normalized spacial score (nSPS) is 21.6. The molecule has 3 heteroatoms. The Hall–Kier alpha value is -2.00. The highest BCUT2D eigenvalue weighted by Crippen LogP contribution is 2.42. The molecule has 0 spiro atoms. The molecular formula is C18H16O2S. The van der Waals surface area contributed by atoms with Gasteiger partial charge in [-0.1, -0.05) is 54.8 Å². The number of hydrogen-bond donors (Lipinski definition) is 1. The van der Waals surface area contributed by atoms with Crippen LogP contribution in [-0.2, 0) is 11.2 Å². The van der Waals surface area contributed by atoms with E-state index in [1.165, 1.54) is 10.5 Å². The first-order valence-electron chi connectivity index (χ1n) is 6.85. The second kappa shape index (κ2) is 5.41. The number of carbonyl (C=O) groups is 1. The smallest absolute Gasteiger partial charge is 0.174 e. The minimum absolute atomic E-state index is 0.00629. The first-order chi connectivity index (χ1) is 10.1. The third-order valence-electron chi connectivity index (χ3n) is 3.88. The molecule has 1 aromatic carbocycles. The average Bonchev–Trinajstić information content (AvgIpc) is 2.52. The molecule has 0 fully saturated rings. The van der Waals surface area contributed by atoms with Crippen LogP contribution in [0, 0.1) is 5.92 Å². The highest BCUT2D eigenvalue weighted by molar-refractivity contribution is 8.03. The first kappa shape index (κ1) is 14.0. The van der Waals surface area contributed by atoms with Crippen LogP contribution in [0.3, 0.4) is 0 Å². The molecule has 0 saturated carbocycles. The van der Waals surface area contributed by atoms with Crippen molar-refractivity contribution >= 4 is 17.5 Å². The fourth-order valence-electron chi connectivity index (χ4n) is 2.57. The van der Waals surface area contributed by atoms with E-state index in [1.54, 1.807) is 30.8 Å². The van der Waals surface area contributed by atoms with Crippen LogP contribution in [0.15, 0.2) is 75.8 Å². The van der Waals surface area contributed by atoms with Crippen molar-refractivity contribution in [3.8, 4) is 0 Å². The summed E-state index contributed by atoms with van der Waals surface area (Å²) in [6.45, 7) is 5.41. The zero-order valence-corrected chi connectivity index (χ0v) is 12.6. The molecule has 1 aliphatic heterocycles. The molecule has 1 N–H and O–H groups in total. The summed E-state index contributed by atoms with van der Waals surface area (Å²) in [4.78, 5) is 14.9. The van der Waals surface area contributed by atoms with Crippen molar-refractivity contribution in [2.45, 2.75) is 18.2 Å². The molecule has 2 nitrogen and oxygen atoms in total. The Balaban J connectivity index is 1.96. The minimum atomic E-state index is -0.576. The molecule has 1 unspecified atom stereocenters. The van der Waals surface area contributed by atoms with Gasteiger partial charge in [0.2, 0.25) is 0 Å². The van der Waals surface area contributed by atoms with E-state index in [-0.39, 0.29) is 11.5 Å². The van der Waals surface area contributed by atoms with E-state index >= 15 is 0 Å². The Kier molecular flexibility index (Phi) is 3.60. The number of ketones is 1. The van der Waals surface area contributed by atoms with Crippen molar-refractivity contribution in [2.75, 3.05) is 0 Å². The van der Waals surface area contributed by atoms with Crippen molar-refractivity contribution in [3.63, 3.8) is 0 Å². The van der Waals surface area contributed by atoms with Gasteiger partial charge in [0.1, 0.15) is 5.76 Å². The SMILES string of the molecule is C=C/C(C)=C(\O)C1C=CC2=C(Cc3ccccc3S2)C1=O. The summed E-state index contributed by atoms with van der Waals surface area (Å²) >= 11 is 1.63. The second-order valence-corrected chi connectivity index (χ2v) is 6.29. The number of allylic oxidation sites excluding steroid dienone is 5. The Morgan fingerprint density at radius 2 is 2.19 bits per heavy atom. The van der Waals surface area contributed by atoms with E-state index in [0.29, 0.717) is 12.0 Å². The number of aliphatic hydroxyl groups is 1. The molecular weight excluding hydrogens is 280 g/mol. The molecule has 21 heavy (non-hydrogen) atoms. The molecule has 1 aliphatic carbocycles. The number of fused-ring (bicyclic) bond motifs is 1.